The number of hydrogen-bond acceptors (Lipinski definition) is 4. The van der Waals surface area contributed by atoms with E-state index in [1.165, 1.54) is 36.7 Å². The van der Waals surface area contributed by atoms with Gasteiger partial charge in [0.05, 0.1) is 4.92 Å². The summed E-state index contributed by atoms with van der Waals surface area (Å²) in [6.45, 7) is 4.21. The van der Waals surface area contributed by atoms with E-state index in [4.69, 9.17) is 0 Å². The first-order valence-electron chi connectivity index (χ1n) is 8.62. The zero-order valence-corrected chi connectivity index (χ0v) is 14.6. The Bertz CT molecular complexity index is 855. The molecule has 2 aromatic rings. The molecule has 134 valence electrons. The van der Waals surface area contributed by atoms with Crippen LogP contribution in [0.5, 0.6) is 0 Å². The number of nitro benzene ring substituents is 1. The molecule has 1 saturated heterocycles. The largest absolute Gasteiger partial charge is 0.371 e. The molecule has 1 aliphatic heterocycles. The molecule has 1 aliphatic rings. The highest BCUT2D eigenvalue weighted by Crippen LogP contribution is 2.26. The van der Waals surface area contributed by atoms with Crippen molar-refractivity contribution in [1.29, 1.82) is 0 Å². The molecule has 0 aromatic heterocycles. The molecule has 1 heterocycles. The second-order valence-corrected chi connectivity index (χ2v) is 6.37. The molecule has 2 aromatic carbocycles. The van der Waals surface area contributed by atoms with Gasteiger partial charge in [-0.3, -0.25) is 14.9 Å². The minimum absolute atomic E-state index is 0.000634. The Morgan fingerprint density at radius 2 is 1.96 bits per heavy atom. The smallest absolute Gasteiger partial charge is 0.270 e. The van der Waals surface area contributed by atoms with Gasteiger partial charge in [0, 0.05) is 42.7 Å². The third kappa shape index (κ3) is 4.27. The van der Waals surface area contributed by atoms with E-state index in [0.717, 1.165) is 24.3 Å². The van der Waals surface area contributed by atoms with E-state index in [1.54, 1.807) is 18.2 Å². The third-order valence-electron chi connectivity index (χ3n) is 4.42. The van der Waals surface area contributed by atoms with E-state index in [0.29, 0.717) is 5.56 Å². The number of hydrogen-bond donors (Lipinski definition) is 1. The van der Waals surface area contributed by atoms with Crippen molar-refractivity contribution in [3.05, 3.63) is 69.8 Å². The summed E-state index contributed by atoms with van der Waals surface area (Å²) in [6.07, 6.45) is 5.39. The van der Waals surface area contributed by atoms with Crippen molar-refractivity contribution in [2.45, 2.75) is 19.8 Å². The van der Waals surface area contributed by atoms with Gasteiger partial charge >= 0.3 is 0 Å². The third-order valence-corrected chi connectivity index (χ3v) is 4.42. The molecule has 0 bridgehead atoms. The molecule has 3 rings (SSSR count). The summed E-state index contributed by atoms with van der Waals surface area (Å²) in [6, 6.07) is 12.1. The molecule has 6 nitrogen and oxygen atoms in total. The van der Waals surface area contributed by atoms with Gasteiger partial charge in [-0.25, -0.2) is 0 Å². The van der Waals surface area contributed by atoms with Gasteiger partial charge in [0.25, 0.3) is 5.69 Å². The Balaban J connectivity index is 1.65. The van der Waals surface area contributed by atoms with Crippen molar-refractivity contribution in [2.24, 2.45) is 0 Å². The summed E-state index contributed by atoms with van der Waals surface area (Å²) < 4.78 is 0. The van der Waals surface area contributed by atoms with Crippen LogP contribution in [0.2, 0.25) is 0 Å². The molecular formula is C20H21N3O3. The van der Waals surface area contributed by atoms with E-state index >= 15 is 0 Å². The van der Waals surface area contributed by atoms with Gasteiger partial charge in [-0.05, 0) is 55.2 Å². The van der Waals surface area contributed by atoms with Gasteiger partial charge in [0.2, 0.25) is 5.91 Å². The maximum Gasteiger partial charge on any atom is 0.270 e. The molecule has 1 amide bonds. The molecule has 0 atom stereocenters. The Labute approximate surface area is 152 Å². The molecule has 1 fully saturated rings. The number of benzene rings is 2. The number of carbonyl (C=O) groups excluding carboxylic acids is 1. The standard InChI is InChI=1S/C20H21N3O3/c1-15-13-17(8-9-19(15)22-11-2-3-12-22)21-20(24)10-7-16-5-4-6-18(14-16)23(25)26/h4-10,13-14H,2-3,11-12H2,1H3,(H,21,24)/b10-7+. The normalized spacial score (nSPS) is 14.0. The summed E-state index contributed by atoms with van der Waals surface area (Å²) in [5.74, 6) is -0.273. The fourth-order valence-electron chi connectivity index (χ4n) is 3.14. The summed E-state index contributed by atoms with van der Waals surface area (Å²) in [4.78, 5) is 24.8. The molecule has 1 N–H and O–H groups in total. The van der Waals surface area contributed by atoms with Crippen molar-refractivity contribution < 1.29 is 9.72 Å². The topological polar surface area (TPSA) is 75.5 Å². The van der Waals surface area contributed by atoms with Crippen molar-refractivity contribution in [3.8, 4) is 0 Å². The molecule has 0 radical (unpaired) electrons. The lowest BCUT2D eigenvalue weighted by Gasteiger charge is -2.20. The fraction of sp³-hybridized carbons (Fsp3) is 0.250. The summed E-state index contributed by atoms with van der Waals surface area (Å²) in [5.41, 5.74) is 3.69. The SMILES string of the molecule is Cc1cc(NC(=O)/C=C/c2cccc([N+](=O)[O-])c2)ccc1N1CCCC1. The van der Waals surface area contributed by atoms with E-state index in [2.05, 4.69) is 10.2 Å². The van der Waals surface area contributed by atoms with Crippen LogP contribution in [0.15, 0.2) is 48.5 Å². The average molecular weight is 351 g/mol. The van der Waals surface area contributed by atoms with Gasteiger partial charge in [-0.2, -0.15) is 0 Å². The lowest BCUT2D eigenvalue weighted by Crippen LogP contribution is -2.18. The number of carbonyl (C=O) groups is 1. The maximum atomic E-state index is 12.1. The van der Waals surface area contributed by atoms with E-state index in [1.807, 2.05) is 25.1 Å². The second-order valence-electron chi connectivity index (χ2n) is 6.37. The molecule has 6 heteroatoms. The molecule has 0 unspecified atom stereocenters. The van der Waals surface area contributed by atoms with Crippen molar-refractivity contribution in [2.75, 3.05) is 23.3 Å². The summed E-state index contributed by atoms with van der Waals surface area (Å²) in [7, 11) is 0. The minimum Gasteiger partial charge on any atom is -0.371 e. The van der Waals surface area contributed by atoms with Gasteiger partial charge in [0.1, 0.15) is 0 Å². The lowest BCUT2D eigenvalue weighted by atomic mass is 10.1. The van der Waals surface area contributed by atoms with Crippen LogP contribution in [0.4, 0.5) is 17.1 Å². The Kier molecular flexibility index (Phi) is 5.31. The van der Waals surface area contributed by atoms with E-state index in [-0.39, 0.29) is 11.6 Å². The van der Waals surface area contributed by atoms with Gasteiger partial charge in [-0.1, -0.05) is 12.1 Å². The predicted molar refractivity (Wildman–Crippen MR) is 103 cm³/mol. The van der Waals surface area contributed by atoms with Gasteiger partial charge in [-0.15, -0.1) is 0 Å². The summed E-state index contributed by atoms with van der Waals surface area (Å²) >= 11 is 0. The van der Waals surface area contributed by atoms with Crippen molar-refractivity contribution >= 4 is 29.0 Å². The second kappa shape index (κ2) is 7.82. The highest BCUT2D eigenvalue weighted by molar-refractivity contribution is 6.02. The molecule has 0 spiro atoms. The molecular weight excluding hydrogens is 330 g/mol. The van der Waals surface area contributed by atoms with E-state index in [9.17, 15) is 14.9 Å². The average Bonchev–Trinajstić information content (AvgIpc) is 3.14. The number of anilines is 2. The first kappa shape index (κ1) is 17.7. The number of nitro groups is 1. The van der Waals surface area contributed by atoms with Crippen LogP contribution in [0.3, 0.4) is 0 Å². The van der Waals surface area contributed by atoms with Crippen LogP contribution in [0.1, 0.15) is 24.0 Å². The Morgan fingerprint density at radius 3 is 2.65 bits per heavy atom. The van der Waals surface area contributed by atoms with Gasteiger partial charge in [0.15, 0.2) is 0 Å². The number of rotatable bonds is 5. The van der Waals surface area contributed by atoms with Crippen LogP contribution < -0.4 is 10.2 Å². The zero-order chi connectivity index (χ0) is 18.5. The number of non-ortho nitro benzene ring substituents is 1. The maximum absolute atomic E-state index is 12.1. The quantitative estimate of drug-likeness (QED) is 0.499. The molecule has 0 saturated carbocycles. The van der Waals surface area contributed by atoms with Crippen LogP contribution in [0, 0.1) is 17.0 Å². The zero-order valence-electron chi connectivity index (χ0n) is 14.6. The number of nitrogens with zero attached hydrogens (tertiary/aromatic N) is 2. The van der Waals surface area contributed by atoms with Crippen LogP contribution >= 0.6 is 0 Å². The van der Waals surface area contributed by atoms with Crippen molar-refractivity contribution in [3.63, 3.8) is 0 Å². The molecule has 0 aliphatic carbocycles. The minimum atomic E-state index is -0.456. The van der Waals surface area contributed by atoms with Crippen LogP contribution in [-0.2, 0) is 4.79 Å². The summed E-state index contributed by atoms with van der Waals surface area (Å²) in [5, 5.41) is 13.6. The number of aryl methyl sites for hydroxylation is 1. The number of nitrogens with one attached hydrogen (secondary N) is 1. The van der Waals surface area contributed by atoms with Crippen molar-refractivity contribution in [1.82, 2.24) is 0 Å². The first-order chi connectivity index (χ1) is 12.5. The first-order valence-corrected chi connectivity index (χ1v) is 8.62. The lowest BCUT2D eigenvalue weighted by molar-refractivity contribution is -0.384. The predicted octanol–water partition coefficient (Wildman–Crippen LogP) is 4.16. The highest BCUT2D eigenvalue weighted by Gasteiger charge is 2.14. The van der Waals surface area contributed by atoms with E-state index < -0.39 is 4.92 Å². The van der Waals surface area contributed by atoms with Gasteiger partial charge < -0.3 is 10.2 Å². The Morgan fingerprint density at radius 1 is 1.19 bits per heavy atom. The van der Waals surface area contributed by atoms with Crippen LogP contribution in [0.25, 0.3) is 6.08 Å². The fourth-order valence-corrected chi connectivity index (χ4v) is 3.14. The highest BCUT2D eigenvalue weighted by atomic mass is 16.6. The monoisotopic (exact) mass is 351 g/mol. The molecule has 26 heavy (non-hydrogen) atoms. The van der Waals surface area contributed by atoms with Crippen LogP contribution in [-0.4, -0.2) is 23.9 Å². The Hall–Kier alpha value is -3.15. The number of amides is 1.